The third-order valence-corrected chi connectivity index (χ3v) is 4.57. The predicted octanol–water partition coefficient (Wildman–Crippen LogP) is 3.37. The quantitative estimate of drug-likeness (QED) is 0.681. The fraction of sp³-hybridized carbons (Fsp3) is 0.133. The number of rotatable bonds is 2. The van der Waals surface area contributed by atoms with Crippen molar-refractivity contribution in [1.29, 1.82) is 0 Å². The van der Waals surface area contributed by atoms with Gasteiger partial charge in [0, 0.05) is 17.8 Å². The Kier molecular flexibility index (Phi) is 3.62. The molecule has 2 aromatic rings. The van der Waals surface area contributed by atoms with E-state index < -0.39 is 4.92 Å². The molecule has 1 atom stereocenters. The second-order valence-corrected chi connectivity index (χ2v) is 5.77. The van der Waals surface area contributed by atoms with Crippen molar-refractivity contribution in [2.75, 3.05) is 11.1 Å². The molecule has 1 amide bonds. The number of hydrogen-bond donors (Lipinski definition) is 1. The molecule has 0 aliphatic carbocycles. The summed E-state index contributed by atoms with van der Waals surface area (Å²) in [7, 11) is 0. The van der Waals surface area contributed by atoms with Crippen molar-refractivity contribution in [3.05, 3.63) is 69.8 Å². The standard InChI is InChI=1S/C15H12N2O3S/c18-14-9-21-15(10-4-2-1-3-5-10)12-8-11(17(19)20)6-7-13(12)16-14/h1-8,15H,9H2,(H,16,18). The van der Waals surface area contributed by atoms with Gasteiger partial charge in [-0.05, 0) is 17.2 Å². The van der Waals surface area contributed by atoms with Crippen molar-refractivity contribution in [2.45, 2.75) is 5.25 Å². The van der Waals surface area contributed by atoms with E-state index in [-0.39, 0.29) is 16.8 Å². The van der Waals surface area contributed by atoms with Crippen LogP contribution in [0.5, 0.6) is 0 Å². The molecule has 0 radical (unpaired) electrons. The second kappa shape index (κ2) is 5.57. The molecule has 1 aliphatic heterocycles. The van der Waals surface area contributed by atoms with Crippen LogP contribution in [0.25, 0.3) is 0 Å². The summed E-state index contributed by atoms with van der Waals surface area (Å²) in [6.07, 6.45) is 0. The first-order valence-corrected chi connectivity index (χ1v) is 7.45. The van der Waals surface area contributed by atoms with E-state index in [1.54, 1.807) is 12.1 Å². The molecule has 0 saturated carbocycles. The molecule has 1 aliphatic rings. The lowest BCUT2D eigenvalue weighted by atomic mass is 10.0. The molecule has 0 saturated heterocycles. The number of anilines is 1. The molecule has 21 heavy (non-hydrogen) atoms. The summed E-state index contributed by atoms with van der Waals surface area (Å²) >= 11 is 1.47. The second-order valence-electron chi connectivity index (χ2n) is 4.68. The molecule has 0 spiro atoms. The maximum atomic E-state index is 11.8. The van der Waals surface area contributed by atoms with Gasteiger partial charge in [-0.1, -0.05) is 30.3 Å². The van der Waals surface area contributed by atoms with Gasteiger partial charge in [-0.25, -0.2) is 0 Å². The number of nitro benzene ring substituents is 1. The van der Waals surface area contributed by atoms with Gasteiger partial charge in [0.2, 0.25) is 5.91 Å². The van der Waals surface area contributed by atoms with Crippen LogP contribution in [0, 0.1) is 10.1 Å². The number of nitrogens with one attached hydrogen (secondary N) is 1. The van der Waals surface area contributed by atoms with Crippen LogP contribution in [0.1, 0.15) is 16.4 Å². The molecular weight excluding hydrogens is 288 g/mol. The number of carbonyl (C=O) groups is 1. The van der Waals surface area contributed by atoms with Crippen molar-refractivity contribution >= 4 is 29.0 Å². The van der Waals surface area contributed by atoms with Crippen LogP contribution in [0.4, 0.5) is 11.4 Å². The van der Waals surface area contributed by atoms with E-state index in [0.717, 1.165) is 11.1 Å². The lowest BCUT2D eigenvalue weighted by Crippen LogP contribution is -2.12. The Labute approximate surface area is 125 Å². The van der Waals surface area contributed by atoms with Crippen molar-refractivity contribution in [1.82, 2.24) is 0 Å². The van der Waals surface area contributed by atoms with Crippen LogP contribution in [-0.4, -0.2) is 16.6 Å². The van der Waals surface area contributed by atoms with Gasteiger partial charge < -0.3 is 5.32 Å². The largest absolute Gasteiger partial charge is 0.325 e. The molecule has 5 nitrogen and oxygen atoms in total. The summed E-state index contributed by atoms with van der Waals surface area (Å²) in [5.74, 6) is 0.232. The highest BCUT2D eigenvalue weighted by Crippen LogP contribution is 2.42. The molecule has 0 aromatic heterocycles. The lowest BCUT2D eigenvalue weighted by Gasteiger charge is -2.16. The van der Waals surface area contributed by atoms with Crippen LogP contribution >= 0.6 is 11.8 Å². The van der Waals surface area contributed by atoms with Gasteiger partial charge >= 0.3 is 0 Å². The molecule has 1 heterocycles. The number of carbonyl (C=O) groups excluding carboxylic acids is 1. The summed E-state index contributed by atoms with van der Waals surface area (Å²) in [4.78, 5) is 22.4. The minimum atomic E-state index is -0.417. The van der Waals surface area contributed by atoms with Gasteiger partial charge in [0.05, 0.1) is 15.9 Å². The van der Waals surface area contributed by atoms with E-state index in [4.69, 9.17) is 0 Å². The van der Waals surface area contributed by atoms with Gasteiger partial charge in [0.25, 0.3) is 5.69 Å². The highest BCUT2D eigenvalue weighted by atomic mass is 32.2. The smallest absolute Gasteiger partial charge is 0.269 e. The van der Waals surface area contributed by atoms with Gasteiger partial charge in [-0.15, -0.1) is 11.8 Å². The zero-order valence-electron chi connectivity index (χ0n) is 11.0. The highest BCUT2D eigenvalue weighted by Gasteiger charge is 2.25. The number of nitro groups is 1. The molecular formula is C15H12N2O3S. The third kappa shape index (κ3) is 2.75. The van der Waals surface area contributed by atoms with E-state index in [1.807, 2.05) is 30.3 Å². The minimum absolute atomic E-state index is 0.0337. The zero-order chi connectivity index (χ0) is 14.8. The maximum Gasteiger partial charge on any atom is 0.269 e. The average Bonchev–Trinajstić information content (AvgIpc) is 2.65. The van der Waals surface area contributed by atoms with Gasteiger partial charge in [0.1, 0.15) is 0 Å². The Bertz CT molecular complexity index is 703. The molecule has 0 bridgehead atoms. The van der Waals surface area contributed by atoms with E-state index >= 15 is 0 Å². The minimum Gasteiger partial charge on any atom is -0.325 e. The molecule has 0 fully saturated rings. The van der Waals surface area contributed by atoms with Crippen molar-refractivity contribution < 1.29 is 9.72 Å². The first-order chi connectivity index (χ1) is 10.1. The summed E-state index contributed by atoms with van der Waals surface area (Å²) in [6.45, 7) is 0. The highest BCUT2D eigenvalue weighted by molar-refractivity contribution is 8.00. The fourth-order valence-electron chi connectivity index (χ4n) is 2.33. The summed E-state index contributed by atoms with van der Waals surface area (Å²) in [5, 5.41) is 13.7. The Morgan fingerprint density at radius 1 is 1.19 bits per heavy atom. The maximum absolute atomic E-state index is 11.8. The van der Waals surface area contributed by atoms with E-state index in [2.05, 4.69) is 5.32 Å². The summed E-state index contributed by atoms with van der Waals surface area (Å²) in [5.41, 5.74) is 2.47. The first-order valence-electron chi connectivity index (χ1n) is 6.40. The van der Waals surface area contributed by atoms with E-state index in [1.165, 1.54) is 17.8 Å². The van der Waals surface area contributed by atoms with Crippen LogP contribution < -0.4 is 5.32 Å². The van der Waals surface area contributed by atoms with E-state index in [9.17, 15) is 14.9 Å². The number of thioether (sulfide) groups is 1. The molecule has 6 heteroatoms. The topological polar surface area (TPSA) is 72.2 Å². The van der Waals surface area contributed by atoms with Crippen molar-refractivity contribution in [2.24, 2.45) is 0 Å². The van der Waals surface area contributed by atoms with Gasteiger partial charge in [0.15, 0.2) is 0 Å². The summed E-state index contributed by atoms with van der Waals surface area (Å²) < 4.78 is 0. The third-order valence-electron chi connectivity index (χ3n) is 3.29. The molecule has 1 unspecified atom stereocenters. The number of non-ortho nitro benzene ring substituents is 1. The monoisotopic (exact) mass is 300 g/mol. The number of fused-ring (bicyclic) bond motifs is 1. The average molecular weight is 300 g/mol. The number of benzene rings is 2. The van der Waals surface area contributed by atoms with Crippen molar-refractivity contribution in [3.63, 3.8) is 0 Å². The van der Waals surface area contributed by atoms with Crippen molar-refractivity contribution in [3.8, 4) is 0 Å². The van der Waals surface area contributed by atoms with Crippen LogP contribution in [0.2, 0.25) is 0 Å². The Morgan fingerprint density at radius 3 is 2.67 bits per heavy atom. The lowest BCUT2D eigenvalue weighted by molar-refractivity contribution is -0.384. The van der Waals surface area contributed by atoms with Crippen LogP contribution in [-0.2, 0) is 4.79 Å². The SMILES string of the molecule is O=C1CSC(c2ccccc2)c2cc([N+](=O)[O-])ccc2N1. The Balaban J connectivity index is 2.13. The molecule has 3 rings (SSSR count). The van der Waals surface area contributed by atoms with E-state index in [0.29, 0.717) is 11.4 Å². The number of amides is 1. The number of hydrogen-bond acceptors (Lipinski definition) is 4. The van der Waals surface area contributed by atoms with Gasteiger partial charge in [-0.2, -0.15) is 0 Å². The molecule has 106 valence electrons. The van der Waals surface area contributed by atoms with Gasteiger partial charge in [-0.3, -0.25) is 14.9 Å². The first kappa shape index (κ1) is 13.6. The predicted molar refractivity (Wildman–Crippen MR) is 82.5 cm³/mol. The number of nitrogens with zero attached hydrogens (tertiary/aromatic N) is 1. The Hall–Kier alpha value is -2.34. The Morgan fingerprint density at radius 2 is 1.95 bits per heavy atom. The van der Waals surface area contributed by atoms with Crippen LogP contribution in [0.3, 0.4) is 0 Å². The molecule has 1 N–H and O–H groups in total. The summed E-state index contributed by atoms with van der Waals surface area (Å²) in [6, 6.07) is 14.3. The molecule has 2 aromatic carbocycles. The fourth-order valence-corrected chi connectivity index (χ4v) is 3.45. The normalized spacial score (nSPS) is 17.5. The van der Waals surface area contributed by atoms with Crippen LogP contribution in [0.15, 0.2) is 48.5 Å². The zero-order valence-corrected chi connectivity index (χ0v) is 11.8.